The van der Waals surface area contributed by atoms with Crippen molar-refractivity contribution in [3.8, 4) is 5.75 Å². The van der Waals surface area contributed by atoms with Crippen molar-refractivity contribution < 1.29 is 13.9 Å². The molecule has 2 aromatic carbocycles. The highest BCUT2D eigenvalue weighted by atomic mass is 19.1. The van der Waals surface area contributed by atoms with Gasteiger partial charge in [-0.3, -0.25) is 4.79 Å². The van der Waals surface area contributed by atoms with Gasteiger partial charge in [0.2, 0.25) is 5.91 Å². The average molecular weight is 313 g/mol. The van der Waals surface area contributed by atoms with E-state index >= 15 is 0 Å². The normalized spacial score (nSPS) is 17.3. The molecular weight excluding hydrogens is 293 g/mol. The molecule has 0 radical (unpaired) electrons. The van der Waals surface area contributed by atoms with E-state index in [1.54, 1.807) is 12.1 Å². The summed E-state index contributed by atoms with van der Waals surface area (Å²) < 4.78 is 18.7. The molecule has 0 bridgehead atoms. The van der Waals surface area contributed by atoms with E-state index in [-0.39, 0.29) is 17.8 Å². The number of ether oxygens (including phenoxy) is 1. The molecule has 0 aromatic heterocycles. The Morgan fingerprint density at radius 2 is 1.87 bits per heavy atom. The molecule has 3 rings (SSSR count). The molecule has 1 heterocycles. The molecule has 4 heteroatoms. The molecule has 0 saturated carbocycles. The third kappa shape index (κ3) is 3.89. The first-order chi connectivity index (χ1) is 11.2. The molecule has 0 N–H and O–H groups in total. The van der Waals surface area contributed by atoms with Gasteiger partial charge in [0.05, 0.1) is 19.1 Å². The highest BCUT2D eigenvalue weighted by molar-refractivity contribution is 5.77. The molecular formula is C19H20FNO2. The van der Waals surface area contributed by atoms with Crippen LogP contribution >= 0.6 is 0 Å². The molecule has 0 spiro atoms. The van der Waals surface area contributed by atoms with Crippen LogP contribution in [0.3, 0.4) is 0 Å². The number of rotatable bonds is 5. The van der Waals surface area contributed by atoms with E-state index < -0.39 is 0 Å². The van der Waals surface area contributed by atoms with Gasteiger partial charge >= 0.3 is 0 Å². The predicted octanol–water partition coefficient (Wildman–Crippen LogP) is 3.96. The zero-order chi connectivity index (χ0) is 16.1. The number of halogens is 1. The van der Waals surface area contributed by atoms with Crippen molar-refractivity contribution in [3.63, 3.8) is 0 Å². The Kier molecular flexibility index (Phi) is 4.91. The summed E-state index contributed by atoms with van der Waals surface area (Å²) in [5, 5.41) is 0. The number of carbonyl (C=O) groups excluding carboxylic acids is 1. The second-order valence-electron chi connectivity index (χ2n) is 5.71. The molecule has 1 atom stereocenters. The molecule has 0 aliphatic carbocycles. The lowest BCUT2D eigenvalue weighted by atomic mass is 10.0. The van der Waals surface area contributed by atoms with E-state index in [2.05, 4.69) is 0 Å². The standard InChI is InChI=1S/C19H20FNO2/c20-16-10-8-15(9-11-16)18-7-4-13-21(18)19(22)12-14-23-17-5-2-1-3-6-17/h1-3,5-6,8-11,18H,4,7,12-14H2. The number of amides is 1. The van der Waals surface area contributed by atoms with Crippen LogP contribution in [0.1, 0.15) is 30.9 Å². The maximum Gasteiger partial charge on any atom is 0.226 e. The van der Waals surface area contributed by atoms with Gasteiger partial charge in [0.15, 0.2) is 0 Å². The Labute approximate surface area is 135 Å². The first kappa shape index (κ1) is 15.5. The molecule has 1 unspecified atom stereocenters. The topological polar surface area (TPSA) is 29.5 Å². The minimum Gasteiger partial charge on any atom is -0.493 e. The Hall–Kier alpha value is -2.36. The first-order valence-electron chi connectivity index (χ1n) is 7.97. The SMILES string of the molecule is O=C(CCOc1ccccc1)N1CCCC1c1ccc(F)cc1. The van der Waals surface area contributed by atoms with Gasteiger partial charge < -0.3 is 9.64 Å². The van der Waals surface area contributed by atoms with E-state index in [0.717, 1.165) is 30.7 Å². The number of para-hydroxylation sites is 1. The van der Waals surface area contributed by atoms with Crippen LogP contribution in [0.25, 0.3) is 0 Å². The molecule has 23 heavy (non-hydrogen) atoms. The number of nitrogens with zero attached hydrogens (tertiary/aromatic N) is 1. The van der Waals surface area contributed by atoms with Crippen molar-refractivity contribution >= 4 is 5.91 Å². The highest BCUT2D eigenvalue weighted by Crippen LogP contribution is 2.32. The van der Waals surface area contributed by atoms with Crippen molar-refractivity contribution in [2.75, 3.05) is 13.2 Å². The molecule has 120 valence electrons. The third-order valence-corrected chi connectivity index (χ3v) is 4.16. The Bertz CT molecular complexity index is 642. The van der Waals surface area contributed by atoms with E-state index in [4.69, 9.17) is 4.74 Å². The first-order valence-corrected chi connectivity index (χ1v) is 7.97. The minimum atomic E-state index is -0.249. The van der Waals surface area contributed by atoms with Crippen molar-refractivity contribution in [1.82, 2.24) is 4.90 Å². The van der Waals surface area contributed by atoms with Crippen LogP contribution in [0.2, 0.25) is 0 Å². The number of benzene rings is 2. The fourth-order valence-corrected chi connectivity index (χ4v) is 3.01. The second kappa shape index (κ2) is 7.27. The maximum atomic E-state index is 13.1. The van der Waals surface area contributed by atoms with Gasteiger partial charge in [-0.2, -0.15) is 0 Å². The quantitative estimate of drug-likeness (QED) is 0.836. The lowest BCUT2D eigenvalue weighted by Crippen LogP contribution is -2.31. The van der Waals surface area contributed by atoms with Crippen molar-refractivity contribution in [2.45, 2.75) is 25.3 Å². The van der Waals surface area contributed by atoms with Crippen molar-refractivity contribution in [3.05, 3.63) is 66.0 Å². The van der Waals surface area contributed by atoms with Gasteiger partial charge in [0.25, 0.3) is 0 Å². The lowest BCUT2D eigenvalue weighted by Gasteiger charge is -2.25. The Morgan fingerprint density at radius 3 is 2.61 bits per heavy atom. The number of hydrogen-bond acceptors (Lipinski definition) is 2. The van der Waals surface area contributed by atoms with Gasteiger partial charge in [0.1, 0.15) is 11.6 Å². The summed E-state index contributed by atoms with van der Waals surface area (Å²) in [7, 11) is 0. The fourth-order valence-electron chi connectivity index (χ4n) is 3.01. The summed E-state index contributed by atoms with van der Waals surface area (Å²) in [4.78, 5) is 14.3. The Morgan fingerprint density at radius 1 is 1.13 bits per heavy atom. The summed E-state index contributed by atoms with van der Waals surface area (Å²) >= 11 is 0. The van der Waals surface area contributed by atoms with Gasteiger partial charge in [-0.25, -0.2) is 4.39 Å². The van der Waals surface area contributed by atoms with Crippen LogP contribution in [-0.4, -0.2) is 24.0 Å². The minimum absolute atomic E-state index is 0.0554. The highest BCUT2D eigenvalue weighted by Gasteiger charge is 2.29. The lowest BCUT2D eigenvalue weighted by molar-refractivity contribution is -0.132. The third-order valence-electron chi connectivity index (χ3n) is 4.16. The number of hydrogen-bond donors (Lipinski definition) is 0. The summed E-state index contributed by atoms with van der Waals surface area (Å²) in [5.41, 5.74) is 1.00. The van der Waals surface area contributed by atoms with E-state index in [1.165, 1.54) is 12.1 Å². The van der Waals surface area contributed by atoms with Crippen molar-refractivity contribution in [1.29, 1.82) is 0 Å². The van der Waals surface area contributed by atoms with Crippen molar-refractivity contribution in [2.24, 2.45) is 0 Å². The smallest absolute Gasteiger partial charge is 0.226 e. The summed E-state index contributed by atoms with van der Waals surface area (Å²) in [5.74, 6) is 0.616. The molecule has 1 aliphatic rings. The second-order valence-corrected chi connectivity index (χ2v) is 5.71. The molecule has 1 amide bonds. The number of likely N-dealkylation sites (tertiary alicyclic amines) is 1. The average Bonchev–Trinajstić information content (AvgIpc) is 3.06. The van der Waals surface area contributed by atoms with Crippen LogP contribution in [0, 0.1) is 5.82 Å². The molecule has 1 aliphatic heterocycles. The largest absolute Gasteiger partial charge is 0.493 e. The fraction of sp³-hybridized carbons (Fsp3) is 0.316. The zero-order valence-corrected chi connectivity index (χ0v) is 13.0. The predicted molar refractivity (Wildman–Crippen MR) is 86.6 cm³/mol. The summed E-state index contributed by atoms with van der Waals surface area (Å²) in [6, 6.07) is 16.0. The Balaban J connectivity index is 1.56. The molecule has 3 nitrogen and oxygen atoms in total. The molecule has 1 saturated heterocycles. The van der Waals surface area contributed by atoms with Gasteiger partial charge in [-0.1, -0.05) is 30.3 Å². The van der Waals surface area contributed by atoms with Crippen LogP contribution in [0.5, 0.6) is 5.75 Å². The van der Waals surface area contributed by atoms with Gasteiger partial charge in [-0.15, -0.1) is 0 Å². The molecule has 1 fully saturated rings. The van der Waals surface area contributed by atoms with Crippen LogP contribution in [0.4, 0.5) is 4.39 Å². The van der Waals surface area contributed by atoms with Gasteiger partial charge in [-0.05, 0) is 42.7 Å². The van der Waals surface area contributed by atoms with Crippen LogP contribution < -0.4 is 4.74 Å². The van der Waals surface area contributed by atoms with E-state index in [9.17, 15) is 9.18 Å². The van der Waals surface area contributed by atoms with E-state index in [0.29, 0.717) is 13.0 Å². The molecule has 2 aromatic rings. The maximum absolute atomic E-state index is 13.1. The monoisotopic (exact) mass is 313 g/mol. The van der Waals surface area contributed by atoms with E-state index in [1.807, 2.05) is 35.2 Å². The van der Waals surface area contributed by atoms with Gasteiger partial charge in [0, 0.05) is 6.54 Å². The summed E-state index contributed by atoms with van der Waals surface area (Å²) in [6.45, 7) is 1.13. The zero-order valence-electron chi connectivity index (χ0n) is 13.0. The summed E-state index contributed by atoms with van der Waals surface area (Å²) in [6.07, 6.45) is 2.26. The number of carbonyl (C=O) groups is 1. The van der Waals surface area contributed by atoms with Crippen LogP contribution in [-0.2, 0) is 4.79 Å². The van der Waals surface area contributed by atoms with Crippen LogP contribution in [0.15, 0.2) is 54.6 Å².